The molecule has 1 aromatic heterocycles. The lowest BCUT2D eigenvalue weighted by atomic mass is 10.2. The minimum Gasteiger partial charge on any atom is -0.378 e. The van der Waals surface area contributed by atoms with Crippen molar-refractivity contribution in [3.05, 3.63) is 52.2 Å². The van der Waals surface area contributed by atoms with E-state index in [0.717, 1.165) is 38.3 Å². The summed E-state index contributed by atoms with van der Waals surface area (Å²) in [6.45, 7) is 4.63. The summed E-state index contributed by atoms with van der Waals surface area (Å²) in [6.07, 6.45) is 0.874. The van der Waals surface area contributed by atoms with Gasteiger partial charge in [0.1, 0.15) is 0 Å². The van der Waals surface area contributed by atoms with Crippen molar-refractivity contribution in [2.24, 2.45) is 0 Å². The van der Waals surface area contributed by atoms with Gasteiger partial charge in [0.05, 0.1) is 13.2 Å². The molecular formula is C18H23N3O2S. The van der Waals surface area contributed by atoms with Crippen LogP contribution in [-0.4, -0.2) is 38.9 Å². The van der Waals surface area contributed by atoms with Gasteiger partial charge in [0, 0.05) is 36.7 Å². The van der Waals surface area contributed by atoms with Crippen LogP contribution in [-0.2, 0) is 17.7 Å². The van der Waals surface area contributed by atoms with Gasteiger partial charge in [-0.1, -0.05) is 18.2 Å². The first kappa shape index (κ1) is 16.8. The Kier molecular flexibility index (Phi) is 6.09. The van der Waals surface area contributed by atoms with Gasteiger partial charge in [0.15, 0.2) is 0 Å². The Morgan fingerprint density at radius 2 is 1.92 bits per heavy atom. The van der Waals surface area contributed by atoms with Gasteiger partial charge < -0.3 is 20.3 Å². The van der Waals surface area contributed by atoms with Crippen LogP contribution in [0.25, 0.3) is 0 Å². The van der Waals surface area contributed by atoms with E-state index >= 15 is 0 Å². The third-order valence-corrected chi connectivity index (χ3v) is 4.94. The molecule has 5 nitrogen and oxygen atoms in total. The minimum atomic E-state index is -0.121. The summed E-state index contributed by atoms with van der Waals surface area (Å²) in [6, 6.07) is 12.3. The number of anilines is 1. The zero-order chi connectivity index (χ0) is 16.6. The van der Waals surface area contributed by atoms with E-state index in [4.69, 9.17) is 4.74 Å². The highest BCUT2D eigenvalue weighted by atomic mass is 32.1. The second-order valence-electron chi connectivity index (χ2n) is 5.70. The highest BCUT2D eigenvalue weighted by Crippen LogP contribution is 2.16. The van der Waals surface area contributed by atoms with E-state index in [-0.39, 0.29) is 6.03 Å². The van der Waals surface area contributed by atoms with E-state index in [2.05, 4.69) is 51.2 Å². The third kappa shape index (κ3) is 4.97. The number of nitrogens with one attached hydrogen (secondary N) is 2. The number of ether oxygens (including phenoxy) is 1. The van der Waals surface area contributed by atoms with E-state index in [1.54, 1.807) is 11.3 Å². The Labute approximate surface area is 146 Å². The summed E-state index contributed by atoms with van der Waals surface area (Å²) >= 11 is 1.71. The fourth-order valence-electron chi connectivity index (χ4n) is 2.65. The molecule has 1 saturated heterocycles. The lowest BCUT2D eigenvalue weighted by Gasteiger charge is -2.28. The number of hydrogen-bond donors (Lipinski definition) is 2. The average Bonchev–Trinajstić information content (AvgIpc) is 3.15. The quantitative estimate of drug-likeness (QED) is 0.846. The van der Waals surface area contributed by atoms with Crippen molar-refractivity contribution in [1.29, 1.82) is 0 Å². The number of thiophene rings is 1. The third-order valence-electron chi connectivity index (χ3n) is 4.00. The van der Waals surface area contributed by atoms with Gasteiger partial charge in [0.25, 0.3) is 0 Å². The first-order valence-electron chi connectivity index (χ1n) is 8.27. The number of carbonyl (C=O) groups is 1. The lowest BCUT2D eigenvalue weighted by molar-refractivity contribution is 0.122. The van der Waals surface area contributed by atoms with Crippen LogP contribution in [0.3, 0.4) is 0 Å². The summed E-state index contributed by atoms with van der Waals surface area (Å²) in [5.41, 5.74) is 2.31. The predicted molar refractivity (Wildman–Crippen MR) is 97.7 cm³/mol. The molecule has 24 heavy (non-hydrogen) atoms. The number of rotatable bonds is 6. The summed E-state index contributed by atoms with van der Waals surface area (Å²) in [4.78, 5) is 15.4. The Morgan fingerprint density at radius 3 is 2.62 bits per heavy atom. The number of urea groups is 1. The number of hydrogen-bond acceptors (Lipinski definition) is 4. The van der Waals surface area contributed by atoms with Crippen LogP contribution in [0.4, 0.5) is 10.5 Å². The second-order valence-corrected chi connectivity index (χ2v) is 6.74. The molecule has 0 spiro atoms. The molecule has 2 N–H and O–H groups in total. The van der Waals surface area contributed by atoms with E-state index in [0.29, 0.717) is 13.1 Å². The molecule has 0 atom stereocenters. The summed E-state index contributed by atoms with van der Waals surface area (Å²) in [7, 11) is 0. The normalized spacial score (nSPS) is 14.4. The fourth-order valence-corrected chi connectivity index (χ4v) is 3.35. The maximum Gasteiger partial charge on any atom is 0.315 e. The van der Waals surface area contributed by atoms with Crippen molar-refractivity contribution in [2.75, 3.05) is 37.7 Å². The number of amides is 2. The topological polar surface area (TPSA) is 53.6 Å². The molecule has 1 aromatic carbocycles. The van der Waals surface area contributed by atoms with Crippen LogP contribution in [0.15, 0.2) is 41.8 Å². The van der Waals surface area contributed by atoms with Gasteiger partial charge in [-0.05, 0) is 35.6 Å². The van der Waals surface area contributed by atoms with Gasteiger partial charge in [-0.3, -0.25) is 0 Å². The Balaban J connectivity index is 1.38. The van der Waals surface area contributed by atoms with E-state index in [9.17, 15) is 4.79 Å². The van der Waals surface area contributed by atoms with E-state index < -0.39 is 0 Å². The van der Waals surface area contributed by atoms with Gasteiger partial charge in [-0.25, -0.2) is 4.79 Å². The summed E-state index contributed by atoms with van der Waals surface area (Å²) in [5, 5.41) is 7.84. The van der Waals surface area contributed by atoms with Gasteiger partial charge in [-0.15, -0.1) is 11.3 Å². The smallest absolute Gasteiger partial charge is 0.315 e. The van der Waals surface area contributed by atoms with Crippen molar-refractivity contribution in [1.82, 2.24) is 10.6 Å². The minimum absolute atomic E-state index is 0.121. The number of morpholine rings is 1. The fraction of sp³-hybridized carbons (Fsp3) is 0.389. The molecule has 0 saturated carbocycles. The molecule has 3 rings (SSSR count). The highest BCUT2D eigenvalue weighted by molar-refractivity contribution is 7.09. The van der Waals surface area contributed by atoms with E-state index in [1.807, 2.05) is 6.07 Å². The predicted octanol–water partition coefficient (Wildman–Crippen LogP) is 2.63. The first-order valence-corrected chi connectivity index (χ1v) is 9.15. The molecule has 6 heteroatoms. The van der Waals surface area contributed by atoms with Gasteiger partial charge in [0.2, 0.25) is 0 Å². The zero-order valence-corrected chi connectivity index (χ0v) is 14.5. The molecule has 1 aliphatic heterocycles. The Morgan fingerprint density at radius 1 is 1.12 bits per heavy atom. The van der Waals surface area contributed by atoms with Crippen LogP contribution in [0.1, 0.15) is 10.4 Å². The van der Waals surface area contributed by atoms with Crippen molar-refractivity contribution in [2.45, 2.75) is 13.0 Å². The molecule has 2 heterocycles. The lowest BCUT2D eigenvalue weighted by Crippen LogP contribution is -2.36. The van der Waals surface area contributed by atoms with Crippen molar-refractivity contribution in [3.8, 4) is 0 Å². The van der Waals surface area contributed by atoms with Gasteiger partial charge in [-0.2, -0.15) is 0 Å². The number of nitrogens with zero attached hydrogens (tertiary/aromatic N) is 1. The monoisotopic (exact) mass is 345 g/mol. The van der Waals surface area contributed by atoms with Crippen LogP contribution < -0.4 is 15.5 Å². The van der Waals surface area contributed by atoms with Crippen molar-refractivity contribution < 1.29 is 9.53 Å². The average molecular weight is 345 g/mol. The molecule has 2 aromatic rings. The van der Waals surface area contributed by atoms with Crippen LogP contribution in [0.5, 0.6) is 0 Å². The maximum absolute atomic E-state index is 11.8. The maximum atomic E-state index is 11.8. The molecule has 0 bridgehead atoms. The molecule has 1 fully saturated rings. The molecule has 2 amide bonds. The molecule has 0 aliphatic carbocycles. The summed E-state index contributed by atoms with van der Waals surface area (Å²) < 4.78 is 5.37. The van der Waals surface area contributed by atoms with Crippen LogP contribution in [0.2, 0.25) is 0 Å². The van der Waals surface area contributed by atoms with Gasteiger partial charge >= 0.3 is 6.03 Å². The largest absolute Gasteiger partial charge is 0.378 e. The SMILES string of the molecule is O=C(NCCc1cccs1)NCc1ccc(N2CCOCC2)cc1. The molecule has 0 radical (unpaired) electrons. The Hall–Kier alpha value is -2.05. The molecular weight excluding hydrogens is 322 g/mol. The van der Waals surface area contributed by atoms with Crippen LogP contribution >= 0.6 is 11.3 Å². The zero-order valence-electron chi connectivity index (χ0n) is 13.7. The highest BCUT2D eigenvalue weighted by Gasteiger charge is 2.10. The van der Waals surface area contributed by atoms with E-state index in [1.165, 1.54) is 10.6 Å². The molecule has 1 aliphatic rings. The number of carbonyl (C=O) groups excluding carboxylic acids is 1. The summed E-state index contributed by atoms with van der Waals surface area (Å²) in [5.74, 6) is 0. The standard InChI is InChI=1S/C18H23N3O2S/c22-18(19-8-7-17-2-1-13-24-17)20-14-15-3-5-16(6-4-15)21-9-11-23-12-10-21/h1-6,13H,7-12,14H2,(H2,19,20,22). The second kappa shape index (κ2) is 8.70. The van der Waals surface area contributed by atoms with Crippen molar-refractivity contribution >= 4 is 23.1 Å². The van der Waals surface area contributed by atoms with Crippen LogP contribution in [0, 0.1) is 0 Å². The molecule has 128 valence electrons. The Bertz CT molecular complexity index is 622. The first-order chi connectivity index (χ1) is 11.8. The van der Waals surface area contributed by atoms with Crippen molar-refractivity contribution in [3.63, 3.8) is 0 Å². The molecule has 0 unspecified atom stereocenters. The number of benzene rings is 1.